The van der Waals surface area contributed by atoms with Crippen molar-refractivity contribution in [3.05, 3.63) is 50.6 Å². The second-order valence-electron chi connectivity index (χ2n) is 6.71. The first-order valence-electron chi connectivity index (χ1n) is 9.14. The Morgan fingerprint density at radius 2 is 1.96 bits per heavy atom. The third kappa shape index (κ3) is 3.28. The van der Waals surface area contributed by atoms with E-state index in [1.807, 2.05) is 6.92 Å². The normalized spacial score (nSPS) is 16.6. The number of rotatable bonds is 5. The molecule has 0 unspecified atom stereocenters. The van der Waals surface area contributed by atoms with E-state index in [9.17, 15) is 15.2 Å². The third-order valence-electron chi connectivity index (χ3n) is 4.98. The molecule has 1 aromatic carbocycles. The molecule has 0 aliphatic carbocycles. The largest absolute Gasteiger partial charge is 0.492 e. The summed E-state index contributed by atoms with van der Waals surface area (Å²) in [5.41, 5.74) is 0.994. The van der Waals surface area contributed by atoms with Crippen LogP contribution in [-0.4, -0.2) is 42.6 Å². The summed E-state index contributed by atoms with van der Waals surface area (Å²) in [6.07, 6.45) is 4.11. The van der Waals surface area contributed by atoms with Crippen molar-refractivity contribution < 1.29 is 10.0 Å². The van der Waals surface area contributed by atoms with Gasteiger partial charge in [0.05, 0.1) is 15.8 Å². The molecule has 1 aliphatic heterocycles. The minimum absolute atomic E-state index is 0.0654. The highest BCUT2D eigenvalue weighted by Crippen LogP contribution is 2.41. The number of aromatic nitrogens is 3. The van der Waals surface area contributed by atoms with Gasteiger partial charge < -0.3 is 5.11 Å². The van der Waals surface area contributed by atoms with E-state index in [4.69, 9.17) is 0 Å². The Kier molecular flexibility index (Phi) is 4.79. The fraction of sp³-hybridized carbons (Fsp3) is 0.444. The van der Waals surface area contributed by atoms with E-state index in [0.717, 1.165) is 36.4 Å². The molecule has 142 valence electrons. The number of hydrogen-bond donors (Lipinski definition) is 1. The lowest BCUT2D eigenvalue weighted by Gasteiger charge is -2.34. The number of nitrogens with zero attached hydrogens (tertiary/aromatic N) is 5. The quantitative estimate of drug-likeness (QED) is 0.531. The Labute approximate surface area is 160 Å². The summed E-state index contributed by atoms with van der Waals surface area (Å²) in [7, 11) is 0. The number of thiazole rings is 1. The number of fused-ring (bicyclic) bond motifs is 1. The molecule has 1 fully saturated rings. The fourth-order valence-corrected chi connectivity index (χ4v) is 4.74. The SMILES string of the molecule is CCc1nc2sc([C@@H](c3ccc([N+](=O)[O-])cc3)N3CCCCC3)c(O)n2n1. The zero-order valence-corrected chi connectivity index (χ0v) is 15.9. The molecule has 1 N–H and O–H groups in total. The summed E-state index contributed by atoms with van der Waals surface area (Å²) in [6.45, 7) is 3.83. The van der Waals surface area contributed by atoms with Crippen LogP contribution in [0, 0.1) is 10.1 Å². The monoisotopic (exact) mass is 387 g/mol. The highest BCUT2D eigenvalue weighted by Gasteiger charge is 2.30. The number of nitro benzene ring substituents is 1. The number of likely N-dealkylation sites (tertiary alicyclic amines) is 1. The Balaban J connectivity index is 1.79. The first-order valence-corrected chi connectivity index (χ1v) is 9.96. The molecular weight excluding hydrogens is 366 g/mol. The molecule has 8 nitrogen and oxygen atoms in total. The van der Waals surface area contributed by atoms with Gasteiger partial charge in [-0.2, -0.15) is 4.52 Å². The summed E-state index contributed by atoms with van der Waals surface area (Å²) >= 11 is 1.43. The molecule has 3 heterocycles. The third-order valence-corrected chi connectivity index (χ3v) is 6.06. The van der Waals surface area contributed by atoms with Crippen molar-refractivity contribution in [2.75, 3.05) is 13.1 Å². The molecule has 4 rings (SSSR count). The van der Waals surface area contributed by atoms with Crippen molar-refractivity contribution in [2.24, 2.45) is 0 Å². The highest BCUT2D eigenvalue weighted by molar-refractivity contribution is 7.17. The zero-order valence-electron chi connectivity index (χ0n) is 15.0. The molecule has 1 atom stereocenters. The van der Waals surface area contributed by atoms with Gasteiger partial charge in [-0.3, -0.25) is 15.0 Å². The maximum atomic E-state index is 11.0. The number of hydrogen-bond acceptors (Lipinski definition) is 7. The van der Waals surface area contributed by atoms with Gasteiger partial charge in [-0.15, -0.1) is 5.10 Å². The molecular formula is C18H21N5O3S. The van der Waals surface area contributed by atoms with Crippen LogP contribution in [0.15, 0.2) is 24.3 Å². The van der Waals surface area contributed by atoms with Crippen LogP contribution in [0.2, 0.25) is 0 Å². The zero-order chi connectivity index (χ0) is 19.0. The minimum Gasteiger partial charge on any atom is -0.492 e. The number of piperidine rings is 1. The van der Waals surface area contributed by atoms with Crippen molar-refractivity contribution in [1.29, 1.82) is 0 Å². The van der Waals surface area contributed by atoms with E-state index >= 15 is 0 Å². The Hall–Kier alpha value is -2.52. The van der Waals surface area contributed by atoms with Crippen molar-refractivity contribution in [3.63, 3.8) is 0 Å². The molecule has 3 aromatic rings. The molecule has 9 heteroatoms. The highest BCUT2D eigenvalue weighted by atomic mass is 32.1. The molecule has 0 spiro atoms. The maximum absolute atomic E-state index is 11.0. The first kappa shape index (κ1) is 17.9. The molecule has 0 bridgehead atoms. The number of benzene rings is 1. The van der Waals surface area contributed by atoms with Crippen LogP contribution in [0.1, 0.15) is 48.5 Å². The van der Waals surface area contributed by atoms with E-state index in [1.165, 1.54) is 34.4 Å². The summed E-state index contributed by atoms with van der Waals surface area (Å²) < 4.78 is 1.50. The van der Waals surface area contributed by atoms with Crippen LogP contribution in [-0.2, 0) is 6.42 Å². The number of aromatic hydroxyl groups is 1. The van der Waals surface area contributed by atoms with Gasteiger partial charge in [0.15, 0.2) is 5.82 Å². The van der Waals surface area contributed by atoms with Gasteiger partial charge in [0.1, 0.15) is 0 Å². The summed E-state index contributed by atoms with van der Waals surface area (Å²) in [6, 6.07) is 6.45. The van der Waals surface area contributed by atoms with Crippen molar-refractivity contribution in [2.45, 2.75) is 38.6 Å². The summed E-state index contributed by atoms with van der Waals surface area (Å²) in [4.78, 5) is 18.8. The standard InChI is InChI=1S/C18H21N5O3S/c1-2-14-19-18-22(20-14)17(24)16(27-18)15(21-10-4-3-5-11-21)12-6-8-13(9-7-12)23(25)26/h6-9,15,24H,2-5,10-11H2,1H3/t15-/m1/s1. The van der Waals surface area contributed by atoms with E-state index in [2.05, 4.69) is 15.0 Å². The molecule has 0 saturated carbocycles. The molecule has 1 aliphatic rings. The Bertz CT molecular complexity index is 959. The first-order chi connectivity index (χ1) is 13.1. The molecule has 0 radical (unpaired) electrons. The lowest BCUT2D eigenvalue weighted by Crippen LogP contribution is -2.34. The topological polar surface area (TPSA) is 96.8 Å². The van der Waals surface area contributed by atoms with Crippen molar-refractivity contribution in [3.8, 4) is 5.88 Å². The number of non-ortho nitro benzene ring substituents is 1. The smallest absolute Gasteiger partial charge is 0.269 e. The van der Waals surface area contributed by atoms with Crippen LogP contribution in [0.25, 0.3) is 4.96 Å². The lowest BCUT2D eigenvalue weighted by molar-refractivity contribution is -0.384. The van der Waals surface area contributed by atoms with Gasteiger partial charge in [0.2, 0.25) is 10.8 Å². The van der Waals surface area contributed by atoms with E-state index in [1.54, 1.807) is 12.1 Å². The number of aryl methyl sites for hydroxylation is 1. The van der Waals surface area contributed by atoms with Gasteiger partial charge in [0, 0.05) is 18.6 Å². The van der Waals surface area contributed by atoms with Crippen LogP contribution < -0.4 is 0 Å². The van der Waals surface area contributed by atoms with Crippen LogP contribution in [0.3, 0.4) is 0 Å². The lowest BCUT2D eigenvalue weighted by atomic mass is 10.00. The molecule has 27 heavy (non-hydrogen) atoms. The van der Waals surface area contributed by atoms with Gasteiger partial charge in [-0.1, -0.05) is 36.8 Å². The van der Waals surface area contributed by atoms with Crippen molar-refractivity contribution >= 4 is 22.0 Å². The Morgan fingerprint density at radius 3 is 2.56 bits per heavy atom. The minimum atomic E-state index is -0.396. The van der Waals surface area contributed by atoms with Crippen molar-refractivity contribution in [1.82, 2.24) is 19.5 Å². The van der Waals surface area contributed by atoms with Gasteiger partial charge >= 0.3 is 0 Å². The van der Waals surface area contributed by atoms with Crippen LogP contribution in [0.5, 0.6) is 5.88 Å². The average molecular weight is 387 g/mol. The Morgan fingerprint density at radius 1 is 1.26 bits per heavy atom. The summed E-state index contributed by atoms with van der Waals surface area (Å²) in [5, 5.41) is 26.2. The summed E-state index contributed by atoms with van der Waals surface area (Å²) in [5.74, 6) is 0.809. The molecule has 1 saturated heterocycles. The van der Waals surface area contributed by atoms with Gasteiger partial charge in [0.25, 0.3) is 5.69 Å². The van der Waals surface area contributed by atoms with Gasteiger partial charge in [-0.05, 0) is 31.5 Å². The van der Waals surface area contributed by atoms with Crippen LogP contribution >= 0.6 is 11.3 Å². The number of nitro groups is 1. The van der Waals surface area contributed by atoms with Crippen LogP contribution in [0.4, 0.5) is 5.69 Å². The second kappa shape index (κ2) is 7.24. The van der Waals surface area contributed by atoms with E-state index in [0.29, 0.717) is 17.2 Å². The average Bonchev–Trinajstić information content (AvgIpc) is 3.23. The molecule has 0 amide bonds. The second-order valence-corrected chi connectivity index (χ2v) is 7.72. The predicted octanol–water partition coefficient (Wildman–Crippen LogP) is 3.54. The van der Waals surface area contributed by atoms with E-state index in [-0.39, 0.29) is 17.6 Å². The molecule has 2 aromatic heterocycles. The van der Waals surface area contributed by atoms with Gasteiger partial charge in [-0.25, -0.2) is 4.98 Å². The fourth-order valence-electron chi connectivity index (χ4n) is 3.60. The maximum Gasteiger partial charge on any atom is 0.269 e. The predicted molar refractivity (Wildman–Crippen MR) is 102 cm³/mol. The van der Waals surface area contributed by atoms with E-state index < -0.39 is 4.92 Å².